The molecule has 0 amide bonds. The molecule has 0 heterocycles. The quantitative estimate of drug-likeness (QED) is 0.0655. The largest absolute Gasteiger partial charge is 0.493 e. The molecule has 0 bridgehead atoms. The number of ether oxygens (including phenoxy) is 3. The molecular weight excluding hydrogens is 600 g/mol. The van der Waals surface area contributed by atoms with Crippen molar-refractivity contribution in [2.24, 2.45) is 0 Å². The second-order valence-electron chi connectivity index (χ2n) is 9.72. The first kappa shape index (κ1) is 30.9. The second-order valence-corrected chi connectivity index (χ2v) is 9.72. The Labute approximate surface area is 260 Å². The Balaban J connectivity index is 1.35. The first-order valence-electron chi connectivity index (χ1n) is 13.6. The minimum absolute atomic E-state index is 0.121. The maximum atomic E-state index is 13.2. The number of fused-ring (bicyclic) bond motifs is 1. The SMILES string of the molecule is COc1cc(CO[N+](=O)[O-])ccc1OC(=O)c1cccc(-c2ccc3cccc(C(=O)Oc4ccc(CO[N+](=O)[O-])cc4)c3c2)c1. The van der Waals surface area contributed by atoms with Gasteiger partial charge in [0.2, 0.25) is 0 Å². The molecule has 5 rings (SSSR count). The van der Waals surface area contributed by atoms with E-state index in [9.17, 15) is 29.8 Å². The van der Waals surface area contributed by atoms with Crippen LogP contribution in [0.2, 0.25) is 0 Å². The predicted molar refractivity (Wildman–Crippen MR) is 162 cm³/mol. The van der Waals surface area contributed by atoms with Gasteiger partial charge in [0.1, 0.15) is 19.0 Å². The summed E-state index contributed by atoms with van der Waals surface area (Å²) in [6.07, 6.45) is 0. The van der Waals surface area contributed by atoms with E-state index in [0.717, 1.165) is 10.9 Å². The number of esters is 2. The summed E-state index contributed by atoms with van der Waals surface area (Å²) in [4.78, 5) is 55.9. The van der Waals surface area contributed by atoms with Crippen LogP contribution in [0.25, 0.3) is 21.9 Å². The van der Waals surface area contributed by atoms with E-state index >= 15 is 0 Å². The normalized spacial score (nSPS) is 10.5. The Hall–Kier alpha value is -6.50. The highest BCUT2D eigenvalue weighted by molar-refractivity contribution is 6.06. The molecule has 0 aromatic heterocycles. The molecule has 5 aromatic carbocycles. The minimum Gasteiger partial charge on any atom is -0.493 e. The predicted octanol–water partition coefficient (Wildman–Crippen LogP) is 6.37. The summed E-state index contributed by atoms with van der Waals surface area (Å²) in [7, 11) is 1.38. The Bertz CT molecular complexity index is 1940. The molecule has 232 valence electrons. The topological polar surface area (TPSA) is 167 Å². The van der Waals surface area contributed by atoms with Crippen molar-refractivity contribution in [1.29, 1.82) is 0 Å². The van der Waals surface area contributed by atoms with Gasteiger partial charge in [0, 0.05) is 0 Å². The molecule has 0 saturated heterocycles. The molecule has 0 unspecified atom stereocenters. The molecule has 0 aliphatic rings. The first-order valence-corrected chi connectivity index (χ1v) is 13.6. The van der Waals surface area contributed by atoms with Gasteiger partial charge >= 0.3 is 11.9 Å². The number of nitrogens with zero attached hydrogens (tertiary/aromatic N) is 2. The minimum atomic E-state index is -0.905. The van der Waals surface area contributed by atoms with Gasteiger partial charge < -0.3 is 23.9 Å². The average molecular weight is 625 g/mol. The van der Waals surface area contributed by atoms with Gasteiger partial charge in [0.05, 0.1) is 18.2 Å². The second kappa shape index (κ2) is 13.9. The third-order valence-corrected chi connectivity index (χ3v) is 6.77. The van der Waals surface area contributed by atoms with Crippen molar-refractivity contribution in [3.8, 4) is 28.4 Å². The fourth-order valence-electron chi connectivity index (χ4n) is 4.57. The molecule has 0 spiro atoms. The number of methoxy groups -OCH3 is 1. The summed E-state index contributed by atoms with van der Waals surface area (Å²) in [5.41, 5.74) is 2.97. The maximum absolute atomic E-state index is 13.2. The Morgan fingerprint density at radius 2 is 1.33 bits per heavy atom. The van der Waals surface area contributed by atoms with Crippen LogP contribution >= 0.6 is 0 Å². The van der Waals surface area contributed by atoms with Crippen LogP contribution in [0.4, 0.5) is 0 Å². The zero-order valence-corrected chi connectivity index (χ0v) is 24.1. The van der Waals surface area contributed by atoms with E-state index in [0.29, 0.717) is 27.6 Å². The van der Waals surface area contributed by atoms with Crippen molar-refractivity contribution in [3.05, 3.63) is 146 Å². The van der Waals surface area contributed by atoms with Gasteiger partial charge in [0.15, 0.2) is 11.5 Å². The summed E-state index contributed by atoms with van der Waals surface area (Å²) in [5.74, 6) is -0.682. The van der Waals surface area contributed by atoms with Crippen LogP contribution in [0, 0.1) is 20.2 Å². The lowest BCUT2D eigenvalue weighted by molar-refractivity contribution is -0.763. The van der Waals surface area contributed by atoms with E-state index in [2.05, 4.69) is 9.68 Å². The van der Waals surface area contributed by atoms with Crippen molar-refractivity contribution in [3.63, 3.8) is 0 Å². The molecular formula is C33H24N2O11. The Morgan fingerprint density at radius 3 is 2.04 bits per heavy atom. The van der Waals surface area contributed by atoms with Crippen LogP contribution in [-0.4, -0.2) is 29.2 Å². The maximum Gasteiger partial charge on any atom is 0.344 e. The highest BCUT2D eigenvalue weighted by atomic mass is 17.0. The number of rotatable bonds is 12. The van der Waals surface area contributed by atoms with Crippen LogP contribution in [0.3, 0.4) is 0 Å². The Morgan fingerprint density at radius 1 is 0.652 bits per heavy atom. The van der Waals surface area contributed by atoms with Gasteiger partial charge in [-0.3, -0.25) is 0 Å². The zero-order chi connectivity index (χ0) is 32.6. The van der Waals surface area contributed by atoms with Crippen LogP contribution in [0.1, 0.15) is 31.8 Å². The van der Waals surface area contributed by atoms with Gasteiger partial charge in [0.25, 0.3) is 10.2 Å². The summed E-state index contributed by atoms with van der Waals surface area (Å²) >= 11 is 0. The van der Waals surface area contributed by atoms with Gasteiger partial charge in [-0.05, 0) is 81.6 Å². The highest BCUT2D eigenvalue weighted by Crippen LogP contribution is 2.31. The molecule has 0 radical (unpaired) electrons. The van der Waals surface area contributed by atoms with Crippen LogP contribution in [0.5, 0.6) is 17.2 Å². The van der Waals surface area contributed by atoms with Gasteiger partial charge in [-0.1, -0.05) is 54.6 Å². The number of benzene rings is 5. The van der Waals surface area contributed by atoms with Crippen molar-refractivity contribution >= 4 is 22.7 Å². The van der Waals surface area contributed by atoms with E-state index in [4.69, 9.17) is 14.2 Å². The lowest BCUT2D eigenvalue weighted by atomic mass is 9.97. The molecule has 0 atom stereocenters. The van der Waals surface area contributed by atoms with E-state index in [-0.39, 0.29) is 36.0 Å². The number of hydrogen-bond acceptors (Lipinski definition) is 11. The summed E-state index contributed by atoms with van der Waals surface area (Å²) in [5, 5.41) is 20.5. The Kier molecular flexibility index (Phi) is 9.32. The monoisotopic (exact) mass is 624 g/mol. The van der Waals surface area contributed by atoms with Crippen molar-refractivity contribution in [2.45, 2.75) is 13.2 Å². The number of carbonyl (C=O) groups is 2. The third kappa shape index (κ3) is 7.52. The molecule has 0 N–H and O–H groups in total. The van der Waals surface area contributed by atoms with E-state index < -0.39 is 22.1 Å². The summed E-state index contributed by atoms with van der Waals surface area (Å²) in [6, 6.07) is 28.2. The molecule has 13 nitrogen and oxygen atoms in total. The van der Waals surface area contributed by atoms with Gasteiger partial charge in [-0.2, -0.15) is 0 Å². The molecule has 0 aliphatic heterocycles. The summed E-state index contributed by atoms with van der Waals surface area (Å²) in [6.45, 7) is -0.515. The summed E-state index contributed by atoms with van der Waals surface area (Å²) < 4.78 is 16.4. The number of hydrogen-bond donors (Lipinski definition) is 0. The molecule has 0 aliphatic carbocycles. The van der Waals surface area contributed by atoms with E-state index in [1.54, 1.807) is 42.5 Å². The fraction of sp³-hybridized carbons (Fsp3) is 0.0909. The van der Waals surface area contributed by atoms with Crippen molar-refractivity contribution in [2.75, 3.05) is 7.11 Å². The number of carbonyl (C=O) groups excluding carboxylic acids is 2. The molecule has 0 fully saturated rings. The lowest BCUT2D eigenvalue weighted by Crippen LogP contribution is -2.10. The van der Waals surface area contributed by atoms with E-state index in [1.807, 2.05) is 30.3 Å². The fourth-order valence-corrected chi connectivity index (χ4v) is 4.57. The smallest absolute Gasteiger partial charge is 0.344 e. The van der Waals surface area contributed by atoms with Crippen molar-refractivity contribution in [1.82, 2.24) is 0 Å². The lowest BCUT2D eigenvalue weighted by Gasteiger charge is -2.12. The van der Waals surface area contributed by atoms with Gasteiger partial charge in [-0.15, -0.1) is 20.2 Å². The molecule has 0 saturated carbocycles. The standard InChI is InChI=1S/C33H24N2O11/c1-42-31-16-22(20-44-35(40)41)10-15-30(31)46-32(36)26-6-2-5-24(17-26)25-12-11-23-4-3-7-28(29(23)18-25)33(37)45-27-13-8-21(9-14-27)19-43-34(38)39/h2-18H,19-20H2,1H3. The van der Waals surface area contributed by atoms with Crippen LogP contribution < -0.4 is 14.2 Å². The highest BCUT2D eigenvalue weighted by Gasteiger charge is 2.17. The van der Waals surface area contributed by atoms with Crippen LogP contribution in [0.15, 0.2) is 103 Å². The van der Waals surface area contributed by atoms with Crippen molar-refractivity contribution < 1.29 is 43.6 Å². The molecule has 5 aromatic rings. The van der Waals surface area contributed by atoms with E-state index in [1.165, 1.54) is 37.4 Å². The zero-order valence-electron chi connectivity index (χ0n) is 24.1. The molecule has 13 heteroatoms. The third-order valence-electron chi connectivity index (χ3n) is 6.77. The average Bonchev–Trinajstić information content (AvgIpc) is 3.06. The first-order chi connectivity index (χ1) is 22.2. The van der Waals surface area contributed by atoms with Gasteiger partial charge in [-0.25, -0.2) is 9.59 Å². The molecule has 46 heavy (non-hydrogen) atoms. The van der Waals surface area contributed by atoms with Crippen LogP contribution in [-0.2, 0) is 22.9 Å².